The van der Waals surface area contributed by atoms with E-state index in [9.17, 15) is 8.42 Å². The Bertz CT molecular complexity index is 1170. The quantitative estimate of drug-likeness (QED) is 0.544. The molecule has 0 aliphatic heterocycles. The molecule has 0 saturated heterocycles. The highest BCUT2D eigenvalue weighted by Crippen LogP contribution is 2.38. The molecule has 28 heavy (non-hydrogen) atoms. The normalized spacial score (nSPS) is 12.2. The van der Waals surface area contributed by atoms with Gasteiger partial charge in [0.25, 0.3) is 10.0 Å². The minimum absolute atomic E-state index is 0.161. The fraction of sp³-hybridized carbons (Fsp3) is 0.182. The number of fused-ring (bicyclic) bond motifs is 3. The summed E-state index contributed by atoms with van der Waals surface area (Å²) >= 11 is 0. The van der Waals surface area contributed by atoms with E-state index in [-0.39, 0.29) is 4.90 Å². The highest BCUT2D eigenvalue weighted by atomic mass is 32.2. The van der Waals surface area contributed by atoms with Crippen LogP contribution in [-0.2, 0) is 16.4 Å². The molecule has 1 aliphatic rings. The van der Waals surface area contributed by atoms with E-state index >= 15 is 0 Å². The highest BCUT2D eigenvalue weighted by molar-refractivity contribution is 7.92. The minimum atomic E-state index is -3.77. The van der Waals surface area contributed by atoms with Crippen LogP contribution >= 0.6 is 0 Å². The number of nitrogens with one attached hydrogen (secondary N) is 1. The first kappa shape index (κ1) is 18.4. The Morgan fingerprint density at radius 2 is 1.54 bits per heavy atom. The maximum atomic E-state index is 13.0. The molecule has 144 valence electrons. The van der Waals surface area contributed by atoms with Gasteiger partial charge in [-0.25, -0.2) is 8.42 Å². The summed E-state index contributed by atoms with van der Waals surface area (Å²) in [6.45, 7) is 1.73. The number of aryl methyl sites for hydroxylation is 1. The summed E-state index contributed by atoms with van der Waals surface area (Å²) in [6.07, 6.45) is 0.802. The predicted molar refractivity (Wildman–Crippen MR) is 110 cm³/mol. The van der Waals surface area contributed by atoms with Crippen molar-refractivity contribution >= 4 is 15.7 Å². The second-order valence-corrected chi connectivity index (χ2v) is 8.43. The van der Waals surface area contributed by atoms with E-state index in [1.54, 1.807) is 19.1 Å². The zero-order valence-corrected chi connectivity index (χ0v) is 16.8. The Hall–Kier alpha value is -2.99. The SMILES string of the molecule is COc1cc(C)c(S(=O)(=O)Nc2ccc3c(c2)Cc2ccccc2-3)cc1OC. The van der Waals surface area contributed by atoms with Gasteiger partial charge < -0.3 is 9.47 Å². The molecule has 3 aromatic rings. The fourth-order valence-electron chi connectivity index (χ4n) is 3.67. The summed E-state index contributed by atoms with van der Waals surface area (Å²) in [5, 5.41) is 0. The van der Waals surface area contributed by atoms with Crippen LogP contribution in [0.25, 0.3) is 11.1 Å². The van der Waals surface area contributed by atoms with Crippen LogP contribution in [0, 0.1) is 6.92 Å². The number of hydrogen-bond donors (Lipinski definition) is 1. The van der Waals surface area contributed by atoms with Gasteiger partial charge in [-0.1, -0.05) is 30.3 Å². The van der Waals surface area contributed by atoms with Gasteiger partial charge in [-0.2, -0.15) is 0 Å². The lowest BCUT2D eigenvalue weighted by molar-refractivity contribution is 0.353. The average molecular weight is 395 g/mol. The van der Waals surface area contributed by atoms with Gasteiger partial charge in [-0.15, -0.1) is 0 Å². The average Bonchev–Trinajstić information content (AvgIpc) is 3.04. The van der Waals surface area contributed by atoms with E-state index in [0.717, 1.165) is 17.5 Å². The number of benzene rings is 3. The molecular formula is C22H21NO4S. The van der Waals surface area contributed by atoms with Gasteiger partial charge in [0.05, 0.1) is 19.1 Å². The van der Waals surface area contributed by atoms with Crippen molar-refractivity contribution in [2.45, 2.75) is 18.2 Å². The third-order valence-corrected chi connectivity index (χ3v) is 6.54. The first-order chi connectivity index (χ1) is 13.4. The molecule has 0 amide bonds. The van der Waals surface area contributed by atoms with Crippen molar-refractivity contribution in [2.75, 3.05) is 18.9 Å². The van der Waals surface area contributed by atoms with E-state index in [4.69, 9.17) is 9.47 Å². The van der Waals surface area contributed by atoms with Crippen molar-refractivity contribution in [1.82, 2.24) is 0 Å². The van der Waals surface area contributed by atoms with Crippen molar-refractivity contribution in [3.05, 3.63) is 71.3 Å². The first-order valence-corrected chi connectivity index (χ1v) is 10.4. The van der Waals surface area contributed by atoms with Gasteiger partial charge in [0.1, 0.15) is 0 Å². The van der Waals surface area contributed by atoms with Crippen LogP contribution in [0.4, 0.5) is 5.69 Å². The van der Waals surface area contributed by atoms with E-state index in [0.29, 0.717) is 22.7 Å². The zero-order chi connectivity index (χ0) is 19.9. The number of hydrogen-bond acceptors (Lipinski definition) is 4. The molecule has 0 heterocycles. The molecule has 3 aromatic carbocycles. The number of methoxy groups -OCH3 is 2. The van der Waals surface area contributed by atoms with Gasteiger partial charge in [-0.05, 0) is 59.4 Å². The molecule has 0 unspecified atom stereocenters. The molecule has 0 radical (unpaired) electrons. The van der Waals surface area contributed by atoms with E-state index in [1.165, 1.54) is 31.4 Å². The molecule has 0 aromatic heterocycles. The Balaban J connectivity index is 1.67. The molecular weight excluding hydrogens is 374 g/mol. The molecule has 0 saturated carbocycles. The van der Waals surface area contributed by atoms with Gasteiger partial charge >= 0.3 is 0 Å². The first-order valence-electron chi connectivity index (χ1n) is 8.89. The van der Waals surface area contributed by atoms with Crippen molar-refractivity contribution in [3.63, 3.8) is 0 Å². The van der Waals surface area contributed by atoms with E-state index in [1.807, 2.05) is 24.3 Å². The number of rotatable bonds is 5. The van der Waals surface area contributed by atoms with Crippen molar-refractivity contribution in [1.29, 1.82) is 0 Å². The third kappa shape index (κ3) is 3.10. The largest absolute Gasteiger partial charge is 0.493 e. The molecule has 1 aliphatic carbocycles. The topological polar surface area (TPSA) is 64.6 Å². The zero-order valence-electron chi connectivity index (χ0n) is 15.9. The summed E-state index contributed by atoms with van der Waals surface area (Å²) in [5.74, 6) is 0.868. The lowest BCUT2D eigenvalue weighted by Gasteiger charge is -2.15. The summed E-state index contributed by atoms with van der Waals surface area (Å²) in [6, 6.07) is 17.1. The van der Waals surface area contributed by atoms with Crippen LogP contribution in [0.3, 0.4) is 0 Å². The highest BCUT2D eigenvalue weighted by Gasteiger charge is 2.22. The molecule has 1 N–H and O–H groups in total. The standard InChI is InChI=1S/C22H21NO4S/c1-14-10-20(26-2)21(27-3)13-22(14)28(24,25)23-17-8-9-19-16(12-17)11-15-6-4-5-7-18(15)19/h4-10,12-13,23H,11H2,1-3H3. The second kappa shape index (κ2) is 6.87. The predicted octanol–water partition coefficient (Wildman–Crippen LogP) is 4.38. The molecule has 4 rings (SSSR count). The van der Waals surface area contributed by atoms with Crippen LogP contribution in [0.5, 0.6) is 11.5 Å². The molecule has 0 spiro atoms. The van der Waals surface area contributed by atoms with Gasteiger partial charge in [-0.3, -0.25) is 4.72 Å². The maximum Gasteiger partial charge on any atom is 0.262 e. The van der Waals surface area contributed by atoms with Gasteiger partial charge in [0.2, 0.25) is 0 Å². The fourth-order valence-corrected chi connectivity index (χ4v) is 4.96. The molecule has 5 nitrogen and oxygen atoms in total. The number of ether oxygens (including phenoxy) is 2. The Labute approximate surface area is 165 Å². The molecule has 0 fully saturated rings. The molecule has 0 bridgehead atoms. The summed E-state index contributed by atoms with van der Waals surface area (Å²) < 4.78 is 39.2. The van der Waals surface area contributed by atoms with Crippen molar-refractivity contribution < 1.29 is 17.9 Å². The Morgan fingerprint density at radius 1 is 0.857 bits per heavy atom. The third-order valence-electron chi connectivity index (χ3n) is 5.02. The van der Waals surface area contributed by atoms with Gasteiger partial charge in [0, 0.05) is 11.8 Å². The molecule has 6 heteroatoms. The summed E-state index contributed by atoms with van der Waals surface area (Å²) in [4.78, 5) is 0.161. The minimum Gasteiger partial charge on any atom is -0.493 e. The van der Waals surface area contributed by atoms with Crippen molar-refractivity contribution in [3.8, 4) is 22.6 Å². The molecule has 0 atom stereocenters. The van der Waals surface area contributed by atoms with Gasteiger partial charge in [0.15, 0.2) is 11.5 Å². The van der Waals surface area contributed by atoms with Crippen LogP contribution in [-0.4, -0.2) is 22.6 Å². The van der Waals surface area contributed by atoms with Crippen LogP contribution in [0.1, 0.15) is 16.7 Å². The Kier molecular flexibility index (Phi) is 4.51. The van der Waals surface area contributed by atoms with Crippen LogP contribution in [0.2, 0.25) is 0 Å². The smallest absolute Gasteiger partial charge is 0.262 e. The lowest BCUT2D eigenvalue weighted by atomic mass is 10.1. The number of sulfonamides is 1. The second-order valence-electron chi connectivity index (χ2n) is 6.78. The van der Waals surface area contributed by atoms with Crippen LogP contribution in [0.15, 0.2) is 59.5 Å². The van der Waals surface area contributed by atoms with Crippen LogP contribution < -0.4 is 14.2 Å². The van der Waals surface area contributed by atoms with E-state index < -0.39 is 10.0 Å². The van der Waals surface area contributed by atoms with E-state index in [2.05, 4.69) is 16.9 Å². The number of anilines is 1. The van der Waals surface area contributed by atoms with Crippen molar-refractivity contribution in [2.24, 2.45) is 0 Å². The lowest BCUT2D eigenvalue weighted by Crippen LogP contribution is -2.14. The Morgan fingerprint density at radius 3 is 2.29 bits per heavy atom. The summed E-state index contributed by atoms with van der Waals surface area (Å²) in [7, 11) is -0.771. The summed E-state index contributed by atoms with van der Waals surface area (Å²) in [5.41, 5.74) is 5.86. The maximum absolute atomic E-state index is 13.0. The monoisotopic (exact) mass is 395 g/mol.